The molecule has 1 unspecified atom stereocenters. The first-order valence-electron chi connectivity index (χ1n) is 10.4. The van der Waals surface area contributed by atoms with Crippen LogP contribution in [-0.2, 0) is 10.0 Å². The number of nitrogens with zero attached hydrogens (tertiary/aromatic N) is 3. The monoisotopic (exact) mass is 481 g/mol. The van der Waals surface area contributed by atoms with Gasteiger partial charge in [-0.15, -0.1) is 0 Å². The van der Waals surface area contributed by atoms with Crippen LogP contribution < -0.4 is 0 Å². The molecule has 0 N–H and O–H groups in total. The smallest absolute Gasteiger partial charge is 0.337 e. The van der Waals surface area contributed by atoms with Crippen LogP contribution >= 0.6 is 11.6 Å². The molecule has 1 aromatic carbocycles. The molecule has 174 valence electrons. The standard InChI is InChI=1S/C20H27ClF3N3O3S/c1-15-4-2-9-27(13-15)31(29,30)18-12-16(5-6-17(18)21)19(28)26-8-3-7-25(10-11-26)14-20(22,23)24/h5-6,12,15H,2-4,7-11,13-14H2,1H3. The van der Waals surface area contributed by atoms with Gasteiger partial charge in [-0.25, -0.2) is 8.42 Å². The second-order valence-electron chi connectivity index (χ2n) is 8.29. The molecule has 0 aliphatic carbocycles. The van der Waals surface area contributed by atoms with E-state index < -0.39 is 28.7 Å². The molecule has 11 heteroatoms. The summed E-state index contributed by atoms with van der Waals surface area (Å²) in [6.07, 6.45) is -2.16. The normalized spacial score (nSPS) is 22.4. The van der Waals surface area contributed by atoms with Crippen molar-refractivity contribution in [3.63, 3.8) is 0 Å². The lowest BCUT2D eigenvalue weighted by atomic mass is 10.0. The first-order chi connectivity index (χ1) is 14.5. The summed E-state index contributed by atoms with van der Waals surface area (Å²) in [5, 5.41) is 0.0435. The zero-order valence-corrected chi connectivity index (χ0v) is 18.9. The van der Waals surface area contributed by atoms with E-state index in [-0.39, 0.29) is 41.0 Å². The van der Waals surface area contributed by atoms with Gasteiger partial charge in [0.25, 0.3) is 5.91 Å². The van der Waals surface area contributed by atoms with Gasteiger partial charge in [-0.05, 0) is 43.4 Å². The van der Waals surface area contributed by atoms with Crippen molar-refractivity contribution in [3.8, 4) is 0 Å². The maximum Gasteiger partial charge on any atom is 0.401 e. The van der Waals surface area contributed by atoms with Gasteiger partial charge in [0.15, 0.2) is 0 Å². The number of carbonyl (C=O) groups excluding carboxylic acids is 1. The van der Waals surface area contributed by atoms with Crippen LogP contribution in [0.2, 0.25) is 5.02 Å². The fraction of sp³-hybridized carbons (Fsp3) is 0.650. The third-order valence-corrected chi connectivity index (χ3v) is 8.04. The minimum Gasteiger partial charge on any atom is -0.337 e. The average Bonchev–Trinajstić information content (AvgIpc) is 2.92. The minimum absolute atomic E-state index is 0.0435. The molecular formula is C20H27ClF3N3O3S. The summed E-state index contributed by atoms with van der Waals surface area (Å²) in [6, 6.07) is 4.14. The SMILES string of the molecule is CC1CCCN(S(=O)(=O)c2cc(C(=O)N3CCCN(CC(F)(F)F)CC3)ccc2Cl)C1. The Bertz CT molecular complexity index is 911. The van der Waals surface area contributed by atoms with Gasteiger partial charge in [-0.3, -0.25) is 9.69 Å². The van der Waals surface area contributed by atoms with Gasteiger partial charge in [0, 0.05) is 44.8 Å². The third-order valence-electron chi connectivity index (χ3n) is 5.69. The van der Waals surface area contributed by atoms with Crippen LogP contribution in [0.1, 0.15) is 36.5 Å². The minimum atomic E-state index is -4.29. The Hall–Kier alpha value is -1.36. The molecule has 1 atom stereocenters. The first kappa shape index (κ1) is 24.3. The van der Waals surface area contributed by atoms with Crippen LogP contribution in [-0.4, -0.2) is 80.4 Å². The molecule has 0 saturated carbocycles. The van der Waals surface area contributed by atoms with E-state index in [2.05, 4.69) is 0 Å². The van der Waals surface area contributed by atoms with Crippen molar-refractivity contribution in [1.29, 1.82) is 0 Å². The summed E-state index contributed by atoms with van der Waals surface area (Å²) in [5.74, 6) is -0.169. The van der Waals surface area contributed by atoms with Crippen molar-refractivity contribution in [2.24, 2.45) is 5.92 Å². The van der Waals surface area contributed by atoms with Gasteiger partial charge in [0.1, 0.15) is 4.90 Å². The van der Waals surface area contributed by atoms with E-state index >= 15 is 0 Å². The topological polar surface area (TPSA) is 60.9 Å². The van der Waals surface area contributed by atoms with Crippen LogP contribution in [0.5, 0.6) is 0 Å². The Morgan fingerprint density at radius 3 is 2.55 bits per heavy atom. The van der Waals surface area contributed by atoms with Crippen molar-refractivity contribution < 1.29 is 26.4 Å². The van der Waals surface area contributed by atoms with Gasteiger partial charge in [-0.2, -0.15) is 17.5 Å². The van der Waals surface area contributed by atoms with Crippen molar-refractivity contribution in [3.05, 3.63) is 28.8 Å². The Balaban J connectivity index is 1.77. The first-order valence-corrected chi connectivity index (χ1v) is 12.2. The molecule has 2 aliphatic rings. The fourth-order valence-corrected chi connectivity index (χ4v) is 6.20. The Morgan fingerprint density at radius 2 is 1.87 bits per heavy atom. The molecule has 0 aromatic heterocycles. The van der Waals surface area contributed by atoms with Gasteiger partial charge in [0.2, 0.25) is 10.0 Å². The number of carbonyl (C=O) groups is 1. The third kappa shape index (κ3) is 6.12. The predicted molar refractivity (Wildman–Crippen MR) is 112 cm³/mol. The molecule has 1 aromatic rings. The van der Waals surface area contributed by atoms with E-state index in [0.29, 0.717) is 26.1 Å². The highest BCUT2D eigenvalue weighted by molar-refractivity contribution is 7.89. The Kier molecular flexibility index (Phi) is 7.55. The maximum absolute atomic E-state index is 13.1. The summed E-state index contributed by atoms with van der Waals surface area (Å²) in [6.45, 7) is 2.59. The maximum atomic E-state index is 13.1. The van der Waals surface area contributed by atoms with E-state index in [0.717, 1.165) is 12.8 Å². The zero-order valence-electron chi connectivity index (χ0n) is 17.4. The van der Waals surface area contributed by atoms with E-state index in [9.17, 15) is 26.4 Å². The highest BCUT2D eigenvalue weighted by Gasteiger charge is 2.33. The molecule has 1 amide bonds. The highest BCUT2D eigenvalue weighted by Crippen LogP contribution is 2.29. The molecule has 2 saturated heterocycles. The lowest BCUT2D eigenvalue weighted by molar-refractivity contribution is -0.145. The average molecular weight is 482 g/mol. The van der Waals surface area contributed by atoms with E-state index in [1.807, 2.05) is 6.92 Å². The zero-order chi connectivity index (χ0) is 22.8. The van der Waals surface area contributed by atoms with Crippen LogP contribution in [0.15, 0.2) is 23.1 Å². The predicted octanol–water partition coefficient (Wildman–Crippen LogP) is 3.47. The number of hydrogen-bond acceptors (Lipinski definition) is 4. The van der Waals surface area contributed by atoms with Gasteiger partial charge in [0.05, 0.1) is 11.6 Å². The quantitative estimate of drug-likeness (QED) is 0.660. The van der Waals surface area contributed by atoms with Crippen LogP contribution in [0, 0.1) is 5.92 Å². The van der Waals surface area contributed by atoms with Crippen molar-refractivity contribution in [2.45, 2.75) is 37.3 Å². The highest BCUT2D eigenvalue weighted by atomic mass is 35.5. The van der Waals surface area contributed by atoms with Crippen molar-refractivity contribution >= 4 is 27.5 Å². The van der Waals surface area contributed by atoms with Crippen LogP contribution in [0.4, 0.5) is 13.2 Å². The molecule has 0 bridgehead atoms. The van der Waals surface area contributed by atoms with Gasteiger partial charge in [-0.1, -0.05) is 18.5 Å². The number of hydrogen-bond donors (Lipinski definition) is 0. The lowest BCUT2D eigenvalue weighted by Crippen LogP contribution is -2.39. The molecule has 2 heterocycles. The number of rotatable bonds is 4. The fourth-order valence-electron chi connectivity index (χ4n) is 4.11. The number of sulfonamides is 1. The molecule has 0 radical (unpaired) electrons. The molecule has 2 fully saturated rings. The summed E-state index contributed by atoms with van der Waals surface area (Å²) in [7, 11) is -3.85. The van der Waals surface area contributed by atoms with Crippen LogP contribution in [0.25, 0.3) is 0 Å². The lowest BCUT2D eigenvalue weighted by Gasteiger charge is -2.30. The molecule has 0 spiro atoms. The molecule has 3 rings (SSSR count). The Labute approximate surface area is 186 Å². The van der Waals surface area contributed by atoms with Crippen molar-refractivity contribution in [2.75, 3.05) is 45.8 Å². The molecule has 31 heavy (non-hydrogen) atoms. The second kappa shape index (κ2) is 9.64. The van der Waals surface area contributed by atoms with Crippen LogP contribution in [0.3, 0.4) is 0 Å². The summed E-state index contributed by atoms with van der Waals surface area (Å²) >= 11 is 6.19. The number of amides is 1. The van der Waals surface area contributed by atoms with E-state index in [1.54, 1.807) is 0 Å². The van der Waals surface area contributed by atoms with E-state index in [1.165, 1.54) is 32.3 Å². The summed E-state index contributed by atoms with van der Waals surface area (Å²) in [4.78, 5) is 15.6. The number of benzene rings is 1. The second-order valence-corrected chi connectivity index (χ2v) is 10.6. The summed E-state index contributed by atoms with van der Waals surface area (Å²) in [5.41, 5.74) is 0.164. The molecule has 2 aliphatic heterocycles. The van der Waals surface area contributed by atoms with Crippen molar-refractivity contribution in [1.82, 2.24) is 14.1 Å². The Morgan fingerprint density at radius 1 is 1.13 bits per heavy atom. The van der Waals surface area contributed by atoms with Gasteiger partial charge >= 0.3 is 6.18 Å². The number of halogens is 4. The number of alkyl halides is 3. The van der Waals surface area contributed by atoms with Gasteiger partial charge < -0.3 is 4.90 Å². The molecule has 6 nitrogen and oxygen atoms in total. The number of piperidine rings is 1. The largest absolute Gasteiger partial charge is 0.401 e. The molecular weight excluding hydrogens is 455 g/mol. The van der Waals surface area contributed by atoms with E-state index in [4.69, 9.17) is 11.6 Å². The summed E-state index contributed by atoms with van der Waals surface area (Å²) < 4.78 is 65.7.